The molecule has 0 radical (unpaired) electrons. The van der Waals surface area contributed by atoms with Crippen molar-refractivity contribution in [3.8, 4) is 11.1 Å². The monoisotopic (exact) mass is 345 g/mol. The molecule has 2 aromatic carbocycles. The molecular weight excluding hydrogens is 318 g/mol. The van der Waals surface area contributed by atoms with Crippen LogP contribution in [0, 0.1) is 0 Å². The summed E-state index contributed by atoms with van der Waals surface area (Å²) >= 11 is 0. The highest BCUT2D eigenvalue weighted by Crippen LogP contribution is 2.43. The highest BCUT2D eigenvalue weighted by molar-refractivity contribution is 6.02. The molecule has 0 aliphatic heterocycles. The normalized spacial score (nSPS) is 15.2. The smallest absolute Gasteiger partial charge is 0.249 e. The molecule has 134 valence electrons. The first-order valence-corrected chi connectivity index (χ1v) is 9.61. The molecule has 0 fully saturated rings. The third-order valence-corrected chi connectivity index (χ3v) is 5.96. The van der Waals surface area contributed by atoms with Crippen LogP contribution < -0.4 is 5.73 Å². The molecule has 0 spiro atoms. The van der Waals surface area contributed by atoms with E-state index in [1.54, 1.807) is 0 Å². The van der Waals surface area contributed by atoms with Crippen LogP contribution in [0.1, 0.15) is 72.3 Å². The summed E-state index contributed by atoms with van der Waals surface area (Å²) in [7, 11) is 0. The molecule has 2 aromatic rings. The van der Waals surface area contributed by atoms with E-state index in [9.17, 15) is 4.79 Å². The van der Waals surface area contributed by atoms with E-state index >= 15 is 0 Å². The van der Waals surface area contributed by atoms with E-state index in [1.807, 2.05) is 6.07 Å². The first-order chi connectivity index (χ1) is 12.3. The molecule has 1 amide bonds. The number of hydrogen-bond acceptors (Lipinski definition) is 1. The second-order valence-electron chi connectivity index (χ2n) is 8.66. The summed E-state index contributed by atoms with van der Waals surface area (Å²) in [6.07, 6.45) is 6.52. The lowest BCUT2D eigenvalue weighted by atomic mass is 9.76. The van der Waals surface area contributed by atoms with Gasteiger partial charge in [-0.3, -0.25) is 4.79 Å². The molecule has 0 aromatic heterocycles. The van der Waals surface area contributed by atoms with Crippen LogP contribution in [0.3, 0.4) is 0 Å². The zero-order valence-electron chi connectivity index (χ0n) is 16.2. The number of fused-ring (bicyclic) bond motifs is 2. The summed E-state index contributed by atoms with van der Waals surface area (Å²) in [5.41, 5.74) is 16.9. The lowest BCUT2D eigenvalue weighted by molar-refractivity contribution is 0.100. The van der Waals surface area contributed by atoms with Gasteiger partial charge in [0.15, 0.2) is 0 Å². The van der Waals surface area contributed by atoms with Gasteiger partial charge in [0.05, 0.1) is 0 Å². The second kappa shape index (κ2) is 5.84. The van der Waals surface area contributed by atoms with Crippen LogP contribution in [0.2, 0.25) is 0 Å². The van der Waals surface area contributed by atoms with Crippen molar-refractivity contribution < 1.29 is 4.79 Å². The first-order valence-electron chi connectivity index (χ1n) is 9.61. The van der Waals surface area contributed by atoms with Crippen LogP contribution in [-0.2, 0) is 24.7 Å². The highest BCUT2D eigenvalue weighted by atomic mass is 16.1. The van der Waals surface area contributed by atoms with Crippen LogP contribution in [0.25, 0.3) is 17.2 Å². The molecule has 0 unspecified atom stereocenters. The van der Waals surface area contributed by atoms with Crippen LogP contribution in [0.15, 0.2) is 29.8 Å². The average molecular weight is 345 g/mol. The Labute approximate surface area is 156 Å². The quantitative estimate of drug-likeness (QED) is 0.816. The number of nitrogens with two attached hydrogens (primary N) is 1. The summed E-state index contributed by atoms with van der Waals surface area (Å²) in [6.45, 7) is 8.95. The Bertz CT molecular complexity index is 957. The molecule has 4 rings (SSSR count). The number of carbonyl (C=O) groups is 1. The number of amides is 1. The van der Waals surface area contributed by atoms with Gasteiger partial charge in [-0.05, 0) is 76.1 Å². The van der Waals surface area contributed by atoms with Crippen molar-refractivity contribution in [2.45, 2.75) is 58.8 Å². The van der Waals surface area contributed by atoms with Gasteiger partial charge in [-0.2, -0.15) is 0 Å². The fraction of sp³-hybridized carbons (Fsp3) is 0.375. The summed E-state index contributed by atoms with van der Waals surface area (Å²) < 4.78 is 0. The molecule has 2 aliphatic carbocycles. The summed E-state index contributed by atoms with van der Waals surface area (Å²) in [5, 5.41) is 0. The Hall–Kier alpha value is -2.35. The fourth-order valence-electron chi connectivity index (χ4n) is 4.21. The Kier molecular flexibility index (Phi) is 3.83. The maximum Gasteiger partial charge on any atom is 0.249 e. The number of aryl methyl sites for hydroxylation is 1. The Morgan fingerprint density at radius 1 is 1.12 bits per heavy atom. The molecule has 0 saturated carbocycles. The molecule has 0 saturated heterocycles. The van der Waals surface area contributed by atoms with Crippen LogP contribution in [0.5, 0.6) is 0 Å². The number of hydrogen-bond donors (Lipinski definition) is 1. The number of allylic oxidation sites excluding steroid dienone is 1. The van der Waals surface area contributed by atoms with Gasteiger partial charge >= 0.3 is 0 Å². The van der Waals surface area contributed by atoms with Gasteiger partial charge in [-0.25, -0.2) is 0 Å². The maximum atomic E-state index is 12.2. The molecule has 0 bridgehead atoms. The van der Waals surface area contributed by atoms with Crippen LogP contribution >= 0.6 is 0 Å². The summed E-state index contributed by atoms with van der Waals surface area (Å²) in [5.74, 6) is -0.328. The van der Waals surface area contributed by atoms with E-state index in [2.05, 4.69) is 52.0 Å². The van der Waals surface area contributed by atoms with Gasteiger partial charge < -0.3 is 5.73 Å². The van der Waals surface area contributed by atoms with E-state index in [0.717, 1.165) is 31.2 Å². The standard InChI is InChI=1S/C24H27NO/c1-5-14-10-16-12-17(24(2,3)4)13-21(20(16)11-14)22-18-8-6-15(18)7-9-19(22)23(25)26/h7,9-10,12-13H,5-6,8,11H2,1-4H3,(H2,25,26). The topological polar surface area (TPSA) is 43.1 Å². The van der Waals surface area contributed by atoms with Crippen molar-refractivity contribution in [2.24, 2.45) is 5.73 Å². The molecular formula is C24H27NO. The number of benzene rings is 2. The van der Waals surface area contributed by atoms with Gasteiger partial charge in [-0.1, -0.05) is 57.5 Å². The fourth-order valence-corrected chi connectivity index (χ4v) is 4.21. The average Bonchev–Trinajstić information content (AvgIpc) is 2.96. The van der Waals surface area contributed by atoms with E-state index in [4.69, 9.17) is 5.73 Å². The zero-order chi connectivity index (χ0) is 18.6. The van der Waals surface area contributed by atoms with Crippen molar-refractivity contribution in [1.29, 1.82) is 0 Å². The molecule has 2 aliphatic rings. The minimum Gasteiger partial charge on any atom is -0.366 e. The first kappa shape index (κ1) is 17.1. The number of primary amides is 1. The Morgan fingerprint density at radius 3 is 2.46 bits per heavy atom. The molecule has 0 heterocycles. The summed E-state index contributed by atoms with van der Waals surface area (Å²) in [4.78, 5) is 12.2. The van der Waals surface area contributed by atoms with Crippen molar-refractivity contribution in [3.63, 3.8) is 0 Å². The van der Waals surface area contributed by atoms with Crippen molar-refractivity contribution >= 4 is 12.0 Å². The van der Waals surface area contributed by atoms with E-state index in [0.29, 0.717) is 5.56 Å². The van der Waals surface area contributed by atoms with E-state index in [-0.39, 0.29) is 11.3 Å². The minimum absolute atomic E-state index is 0.0569. The molecule has 2 heteroatoms. The lowest BCUT2D eigenvalue weighted by Gasteiger charge is -2.28. The largest absolute Gasteiger partial charge is 0.366 e. The summed E-state index contributed by atoms with van der Waals surface area (Å²) in [6, 6.07) is 8.65. The molecule has 2 nitrogen and oxygen atoms in total. The zero-order valence-corrected chi connectivity index (χ0v) is 16.2. The predicted molar refractivity (Wildman–Crippen MR) is 108 cm³/mol. The van der Waals surface area contributed by atoms with Crippen molar-refractivity contribution in [3.05, 3.63) is 63.2 Å². The van der Waals surface area contributed by atoms with Crippen LogP contribution in [0.4, 0.5) is 0 Å². The number of rotatable bonds is 3. The van der Waals surface area contributed by atoms with Gasteiger partial charge in [0.25, 0.3) is 0 Å². The molecule has 0 atom stereocenters. The van der Waals surface area contributed by atoms with E-state index < -0.39 is 0 Å². The number of carbonyl (C=O) groups excluding carboxylic acids is 1. The third-order valence-electron chi connectivity index (χ3n) is 5.96. The lowest BCUT2D eigenvalue weighted by Crippen LogP contribution is -2.19. The highest BCUT2D eigenvalue weighted by Gasteiger charge is 2.28. The van der Waals surface area contributed by atoms with Gasteiger partial charge in [0.1, 0.15) is 0 Å². The van der Waals surface area contributed by atoms with Gasteiger partial charge in [0.2, 0.25) is 5.91 Å². The predicted octanol–water partition coefficient (Wildman–Crippen LogP) is 5.20. The van der Waals surface area contributed by atoms with Gasteiger partial charge in [-0.15, -0.1) is 0 Å². The SMILES string of the molecule is CCC1=Cc2cc(C(C)(C)C)cc(-c3c(C(N)=O)ccc4c3CC4)c2C1. The Balaban J connectivity index is 2.02. The maximum absolute atomic E-state index is 12.2. The van der Waals surface area contributed by atoms with Crippen LogP contribution in [-0.4, -0.2) is 5.91 Å². The van der Waals surface area contributed by atoms with Crippen molar-refractivity contribution in [2.75, 3.05) is 0 Å². The van der Waals surface area contributed by atoms with Gasteiger partial charge in [0, 0.05) is 5.56 Å². The Morgan fingerprint density at radius 2 is 1.88 bits per heavy atom. The molecule has 26 heavy (non-hydrogen) atoms. The minimum atomic E-state index is -0.328. The second-order valence-corrected chi connectivity index (χ2v) is 8.66. The third kappa shape index (κ3) is 2.59. The van der Waals surface area contributed by atoms with E-state index in [1.165, 1.54) is 39.0 Å². The molecule has 2 N–H and O–H groups in total. The van der Waals surface area contributed by atoms with Crippen molar-refractivity contribution in [1.82, 2.24) is 0 Å².